The Bertz CT molecular complexity index is 653. The monoisotopic (exact) mass is 293 g/mol. The van der Waals surface area contributed by atoms with Crippen LogP contribution in [0.25, 0.3) is 0 Å². The highest BCUT2D eigenvalue weighted by Crippen LogP contribution is 2.53. The van der Waals surface area contributed by atoms with Crippen molar-refractivity contribution in [2.75, 3.05) is 11.9 Å². The molecule has 1 aromatic heterocycles. The summed E-state index contributed by atoms with van der Waals surface area (Å²) in [5.41, 5.74) is 3.91. The summed E-state index contributed by atoms with van der Waals surface area (Å²) in [4.78, 5) is 7.35. The minimum atomic E-state index is 0.380. The third-order valence-electron chi connectivity index (χ3n) is 5.35. The molecule has 3 nitrogen and oxygen atoms in total. The second-order valence-electron chi connectivity index (χ2n) is 6.29. The Labute approximate surface area is 132 Å². The van der Waals surface area contributed by atoms with Crippen LogP contribution in [0.3, 0.4) is 0 Å². The lowest BCUT2D eigenvalue weighted by molar-refractivity contribution is 0.208. The van der Waals surface area contributed by atoms with Gasteiger partial charge in [-0.25, -0.2) is 0 Å². The van der Waals surface area contributed by atoms with E-state index in [-0.39, 0.29) is 0 Å². The van der Waals surface area contributed by atoms with E-state index >= 15 is 0 Å². The summed E-state index contributed by atoms with van der Waals surface area (Å²) in [6.07, 6.45) is 3.48. The van der Waals surface area contributed by atoms with E-state index in [0.717, 1.165) is 6.54 Å². The molecule has 1 N–H and O–H groups in total. The summed E-state index contributed by atoms with van der Waals surface area (Å²) in [6.45, 7) is 5.65. The fraction of sp³-hybridized carbons (Fsp3) is 0.421. The van der Waals surface area contributed by atoms with Crippen molar-refractivity contribution < 1.29 is 0 Å². The number of fused-ring (bicyclic) bond motifs is 3. The smallest absolute Gasteiger partial charge is 0.0889 e. The molecule has 1 saturated heterocycles. The fourth-order valence-corrected chi connectivity index (χ4v) is 4.54. The Morgan fingerprint density at radius 1 is 1.05 bits per heavy atom. The molecular formula is C19H23N3. The van der Waals surface area contributed by atoms with E-state index in [2.05, 4.69) is 60.5 Å². The molecule has 4 unspecified atom stereocenters. The van der Waals surface area contributed by atoms with Gasteiger partial charge in [0.05, 0.1) is 17.5 Å². The van der Waals surface area contributed by atoms with Crippen LogP contribution < -0.4 is 5.32 Å². The first-order valence-corrected chi connectivity index (χ1v) is 8.37. The van der Waals surface area contributed by atoms with Gasteiger partial charge in [-0.15, -0.1) is 0 Å². The van der Waals surface area contributed by atoms with Gasteiger partial charge in [0.25, 0.3) is 0 Å². The zero-order valence-corrected chi connectivity index (χ0v) is 13.2. The standard InChI is InChI=1S/C19H23N3/c1-3-15-16(13-9-6-5-7-10-13)17-18-14(11-8-12-20-18)21-19(17)22(15)4-2/h5-12,15-17,19,21H,3-4H2,1-2H3. The van der Waals surface area contributed by atoms with Crippen molar-refractivity contribution in [3.63, 3.8) is 0 Å². The highest BCUT2D eigenvalue weighted by atomic mass is 15.3. The number of aromatic nitrogens is 1. The van der Waals surface area contributed by atoms with Crippen LogP contribution in [-0.2, 0) is 0 Å². The summed E-state index contributed by atoms with van der Waals surface area (Å²) < 4.78 is 0. The molecule has 0 spiro atoms. The Balaban J connectivity index is 1.84. The lowest BCUT2D eigenvalue weighted by Gasteiger charge is -2.30. The van der Waals surface area contributed by atoms with Gasteiger partial charge in [0.15, 0.2) is 0 Å². The van der Waals surface area contributed by atoms with Crippen LogP contribution in [0.15, 0.2) is 48.7 Å². The van der Waals surface area contributed by atoms with E-state index in [0.29, 0.717) is 24.0 Å². The SMILES string of the molecule is CCC1C(c2ccccc2)C2c3ncccc3NC2N1CC. The molecule has 2 aromatic rings. The molecule has 4 atom stereocenters. The number of benzene rings is 1. The van der Waals surface area contributed by atoms with E-state index in [1.807, 2.05) is 12.3 Å². The Kier molecular flexibility index (Phi) is 3.38. The van der Waals surface area contributed by atoms with Crippen molar-refractivity contribution in [2.24, 2.45) is 0 Å². The Hall–Kier alpha value is -1.87. The van der Waals surface area contributed by atoms with Crippen LogP contribution in [0.4, 0.5) is 5.69 Å². The topological polar surface area (TPSA) is 28.2 Å². The fourth-order valence-electron chi connectivity index (χ4n) is 4.54. The highest BCUT2D eigenvalue weighted by molar-refractivity contribution is 5.58. The van der Waals surface area contributed by atoms with E-state index < -0.39 is 0 Å². The van der Waals surface area contributed by atoms with Crippen molar-refractivity contribution in [1.82, 2.24) is 9.88 Å². The maximum absolute atomic E-state index is 4.73. The zero-order valence-electron chi connectivity index (χ0n) is 13.2. The molecule has 4 rings (SSSR count). The number of hydrogen-bond acceptors (Lipinski definition) is 3. The molecule has 3 heteroatoms. The average Bonchev–Trinajstić information content (AvgIpc) is 3.08. The molecule has 0 saturated carbocycles. The minimum Gasteiger partial charge on any atom is -0.367 e. The predicted molar refractivity (Wildman–Crippen MR) is 90.0 cm³/mol. The quantitative estimate of drug-likeness (QED) is 0.932. The van der Waals surface area contributed by atoms with Crippen LogP contribution in [0.1, 0.15) is 43.4 Å². The number of pyridine rings is 1. The number of nitrogens with one attached hydrogen (secondary N) is 1. The lowest BCUT2D eigenvalue weighted by Crippen LogP contribution is -2.40. The van der Waals surface area contributed by atoms with Crippen LogP contribution >= 0.6 is 0 Å². The normalized spacial score (nSPS) is 29.9. The maximum atomic E-state index is 4.73. The molecule has 0 radical (unpaired) electrons. The van der Waals surface area contributed by atoms with Crippen LogP contribution in [-0.4, -0.2) is 28.6 Å². The molecule has 22 heavy (non-hydrogen) atoms. The lowest BCUT2D eigenvalue weighted by atomic mass is 9.81. The van der Waals surface area contributed by atoms with Crippen molar-refractivity contribution in [2.45, 2.75) is 44.3 Å². The number of rotatable bonds is 3. The average molecular weight is 293 g/mol. The maximum Gasteiger partial charge on any atom is 0.0889 e. The molecule has 3 heterocycles. The highest BCUT2D eigenvalue weighted by Gasteiger charge is 2.52. The van der Waals surface area contributed by atoms with Gasteiger partial charge in [-0.05, 0) is 30.7 Å². The van der Waals surface area contributed by atoms with E-state index in [1.54, 1.807) is 0 Å². The number of likely N-dealkylation sites (N-methyl/N-ethyl adjacent to an activating group) is 1. The summed E-state index contributed by atoms with van der Waals surface area (Å²) in [5.74, 6) is 0.961. The van der Waals surface area contributed by atoms with Crippen molar-refractivity contribution >= 4 is 5.69 Å². The van der Waals surface area contributed by atoms with Crippen LogP contribution in [0.2, 0.25) is 0 Å². The summed E-state index contributed by atoms with van der Waals surface area (Å²) in [5, 5.41) is 3.72. The van der Waals surface area contributed by atoms with Gasteiger partial charge < -0.3 is 5.32 Å². The van der Waals surface area contributed by atoms with Gasteiger partial charge in [-0.1, -0.05) is 44.2 Å². The van der Waals surface area contributed by atoms with E-state index in [4.69, 9.17) is 4.98 Å². The van der Waals surface area contributed by atoms with Gasteiger partial charge >= 0.3 is 0 Å². The second-order valence-corrected chi connectivity index (χ2v) is 6.29. The molecule has 114 valence electrons. The number of hydrogen-bond donors (Lipinski definition) is 1. The van der Waals surface area contributed by atoms with Crippen molar-refractivity contribution in [3.05, 3.63) is 59.9 Å². The predicted octanol–water partition coefficient (Wildman–Crippen LogP) is 3.81. The molecule has 0 aliphatic carbocycles. The number of nitrogens with zero attached hydrogens (tertiary/aromatic N) is 2. The van der Waals surface area contributed by atoms with Gasteiger partial charge in [-0.3, -0.25) is 9.88 Å². The molecule has 0 amide bonds. The summed E-state index contributed by atoms with van der Waals surface area (Å²) in [7, 11) is 0. The summed E-state index contributed by atoms with van der Waals surface area (Å²) >= 11 is 0. The zero-order chi connectivity index (χ0) is 15.1. The van der Waals surface area contributed by atoms with Crippen LogP contribution in [0, 0.1) is 0 Å². The molecule has 0 bridgehead atoms. The first-order chi connectivity index (χ1) is 10.8. The number of anilines is 1. The molecule has 1 aromatic carbocycles. The van der Waals surface area contributed by atoms with Gasteiger partial charge in [0.2, 0.25) is 0 Å². The number of likely N-dealkylation sites (tertiary alicyclic amines) is 1. The minimum absolute atomic E-state index is 0.380. The van der Waals surface area contributed by atoms with E-state index in [1.165, 1.54) is 23.4 Å². The van der Waals surface area contributed by atoms with Gasteiger partial charge in [-0.2, -0.15) is 0 Å². The molecule has 2 aliphatic heterocycles. The van der Waals surface area contributed by atoms with E-state index in [9.17, 15) is 0 Å². The third kappa shape index (κ3) is 1.88. The first kappa shape index (κ1) is 13.8. The van der Waals surface area contributed by atoms with Crippen LogP contribution in [0.5, 0.6) is 0 Å². The van der Waals surface area contributed by atoms with Gasteiger partial charge in [0.1, 0.15) is 0 Å². The summed E-state index contributed by atoms with van der Waals surface area (Å²) in [6, 6.07) is 15.8. The Morgan fingerprint density at radius 2 is 1.86 bits per heavy atom. The first-order valence-electron chi connectivity index (χ1n) is 8.37. The van der Waals surface area contributed by atoms with Gasteiger partial charge in [0, 0.05) is 24.1 Å². The second kappa shape index (κ2) is 5.40. The van der Waals surface area contributed by atoms with Crippen molar-refractivity contribution in [3.8, 4) is 0 Å². The Morgan fingerprint density at radius 3 is 2.59 bits per heavy atom. The molecule has 2 aliphatic rings. The third-order valence-corrected chi connectivity index (χ3v) is 5.35. The molecule has 1 fully saturated rings. The largest absolute Gasteiger partial charge is 0.367 e. The molecular weight excluding hydrogens is 270 g/mol. The van der Waals surface area contributed by atoms with Crippen molar-refractivity contribution in [1.29, 1.82) is 0 Å².